The highest BCUT2D eigenvalue weighted by Crippen LogP contribution is 2.34. The van der Waals surface area contributed by atoms with Gasteiger partial charge in [0.15, 0.2) is 15.1 Å². The number of benzene rings is 1. The molecule has 1 aromatic carbocycles. The number of methoxy groups -OCH3 is 1. The van der Waals surface area contributed by atoms with E-state index in [1.165, 1.54) is 7.11 Å². The number of hydrogen-bond donors (Lipinski definition) is 2. The lowest BCUT2D eigenvalue weighted by atomic mass is 10.1. The third kappa shape index (κ3) is 5.78. The van der Waals surface area contributed by atoms with Crippen LogP contribution in [-0.2, 0) is 24.2 Å². The van der Waals surface area contributed by atoms with E-state index in [4.69, 9.17) is 4.74 Å². The number of fused-ring (bicyclic) bond motifs is 1. The summed E-state index contributed by atoms with van der Waals surface area (Å²) < 4.78 is 31.9. The van der Waals surface area contributed by atoms with Gasteiger partial charge in [-0.2, -0.15) is 0 Å². The second kappa shape index (κ2) is 10.2. The minimum atomic E-state index is -3.94. The number of amides is 2. The summed E-state index contributed by atoms with van der Waals surface area (Å²) in [6.45, 7) is 1.56. The molecular formula is C23H26N4O5S2. The fraction of sp³-hybridized carbons (Fsp3) is 0.391. The molecule has 1 unspecified atom stereocenters. The molecule has 2 N–H and O–H groups in total. The summed E-state index contributed by atoms with van der Waals surface area (Å²) in [5.41, 5.74) is 3.35. The van der Waals surface area contributed by atoms with E-state index >= 15 is 0 Å². The van der Waals surface area contributed by atoms with E-state index in [1.807, 2.05) is 37.3 Å². The first-order chi connectivity index (χ1) is 16.3. The van der Waals surface area contributed by atoms with Gasteiger partial charge in [-0.05, 0) is 55.2 Å². The van der Waals surface area contributed by atoms with Crippen LogP contribution in [0.25, 0.3) is 21.3 Å². The number of sulfone groups is 1. The van der Waals surface area contributed by atoms with Crippen LogP contribution in [0.3, 0.4) is 0 Å². The van der Waals surface area contributed by atoms with Gasteiger partial charge in [-0.1, -0.05) is 6.07 Å². The Balaban J connectivity index is 1.63. The number of nitrogens with zero attached hydrogens (tertiary/aromatic N) is 2. The van der Waals surface area contributed by atoms with Crippen molar-refractivity contribution in [2.45, 2.75) is 31.1 Å². The maximum atomic E-state index is 13.1. The van der Waals surface area contributed by atoms with Crippen LogP contribution < -0.4 is 10.6 Å². The number of nitrogens with one attached hydrogen (secondary N) is 2. The first kappa shape index (κ1) is 24.2. The molecule has 180 valence electrons. The first-order valence-electron chi connectivity index (χ1n) is 10.9. The molecule has 2 aromatic heterocycles. The molecule has 2 heterocycles. The van der Waals surface area contributed by atoms with E-state index < -0.39 is 21.0 Å². The fourth-order valence-corrected chi connectivity index (χ4v) is 6.39. The summed E-state index contributed by atoms with van der Waals surface area (Å²) in [4.78, 5) is 33.7. The van der Waals surface area contributed by atoms with Gasteiger partial charge < -0.3 is 15.4 Å². The van der Waals surface area contributed by atoms with Crippen LogP contribution in [0.1, 0.15) is 28.8 Å². The Kier molecular flexibility index (Phi) is 7.24. The van der Waals surface area contributed by atoms with Gasteiger partial charge in [-0.3, -0.25) is 14.6 Å². The van der Waals surface area contributed by atoms with Crippen LogP contribution in [0.2, 0.25) is 0 Å². The van der Waals surface area contributed by atoms with E-state index in [1.54, 1.807) is 6.20 Å². The lowest BCUT2D eigenvalue weighted by molar-refractivity contribution is -0.126. The van der Waals surface area contributed by atoms with Crippen LogP contribution in [-0.4, -0.2) is 62.3 Å². The molecule has 0 bridgehead atoms. The van der Waals surface area contributed by atoms with Crippen LogP contribution in [0, 0.1) is 6.92 Å². The quantitative estimate of drug-likeness (QED) is 0.435. The van der Waals surface area contributed by atoms with Crippen molar-refractivity contribution in [1.82, 2.24) is 20.6 Å². The Hall–Kier alpha value is -2.89. The zero-order chi connectivity index (χ0) is 24.3. The second-order valence-corrected chi connectivity index (χ2v) is 11.5. The highest BCUT2D eigenvalue weighted by Gasteiger charge is 2.37. The van der Waals surface area contributed by atoms with Crippen molar-refractivity contribution in [3.63, 3.8) is 0 Å². The molecule has 1 saturated carbocycles. The van der Waals surface area contributed by atoms with Crippen LogP contribution in [0.5, 0.6) is 0 Å². The van der Waals surface area contributed by atoms with E-state index in [0.717, 1.165) is 45.7 Å². The maximum absolute atomic E-state index is 13.1. The van der Waals surface area contributed by atoms with Crippen LogP contribution in [0.4, 0.5) is 0 Å². The third-order valence-corrected chi connectivity index (χ3v) is 8.53. The summed E-state index contributed by atoms with van der Waals surface area (Å²) in [7, 11) is -2.54. The molecule has 2 amide bonds. The zero-order valence-electron chi connectivity index (χ0n) is 18.9. The summed E-state index contributed by atoms with van der Waals surface area (Å²) in [6.07, 6.45) is 3.56. The topological polar surface area (TPSA) is 127 Å². The van der Waals surface area contributed by atoms with Crippen molar-refractivity contribution in [2.24, 2.45) is 0 Å². The largest absolute Gasteiger partial charge is 0.384 e. The minimum Gasteiger partial charge on any atom is -0.384 e. The Bertz CT molecular complexity index is 1320. The number of thiazole rings is 1. The van der Waals surface area contributed by atoms with Gasteiger partial charge in [-0.15, -0.1) is 11.3 Å². The summed E-state index contributed by atoms with van der Waals surface area (Å²) in [5.74, 6) is -1.45. The fourth-order valence-electron chi connectivity index (χ4n) is 3.47. The monoisotopic (exact) mass is 502 g/mol. The number of aromatic nitrogens is 2. The Morgan fingerprint density at radius 1 is 1.21 bits per heavy atom. The highest BCUT2D eigenvalue weighted by atomic mass is 32.2. The SMILES string of the molecule is COCCS(=O)(=O)C(C(=O)NCC(=O)NC1CC1)c1nc2cc(-c3ccnc(C)c3)ccc2s1. The molecule has 4 rings (SSSR count). The van der Waals surface area contributed by atoms with Crippen molar-refractivity contribution >= 4 is 43.2 Å². The lowest BCUT2D eigenvalue weighted by Gasteiger charge is -2.15. The Morgan fingerprint density at radius 3 is 2.68 bits per heavy atom. The van der Waals surface area contributed by atoms with Crippen LogP contribution >= 0.6 is 11.3 Å². The van der Waals surface area contributed by atoms with E-state index in [0.29, 0.717) is 5.52 Å². The molecular weight excluding hydrogens is 476 g/mol. The van der Waals surface area contributed by atoms with Crippen molar-refractivity contribution < 1.29 is 22.7 Å². The molecule has 0 spiro atoms. The molecule has 1 aliphatic carbocycles. The molecule has 1 fully saturated rings. The summed E-state index contributed by atoms with van der Waals surface area (Å²) in [5, 5.41) is 3.87. The molecule has 3 aromatic rings. The molecule has 0 aliphatic heterocycles. The smallest absolute Gasteiger partial charge is 0.245 e. The number of hydrogen-bond acceptors (Lipinski definition) is 8. The third-order valence-electron chi connectivity index (χ3n) is 5.39. The normalized spacial score (nSPS) is 14.6. The van der Waals surface area contributed by atoms with Crippen molar-refractivity contribution in [1.29, 1.82) is 0 Å². The Labute approximate surface area is 201 Å². The molecule has 1 atom stereocenters. The second-order valence-electron chi connectivity index (χ2n) is 8.22. The lowest BCUT2D eigenvalue weighted by Crippen LogP contribution is -2.41. The molecule has 11 heteroatoms. The van der Waals surface area contributed by atoms with Crippen molar-refractivity contribution in [2.75, 3.05) is 26.0 Å². The molecule has 0 radical (unpaired) electrons. The average molecular weight is 503 g/mol. The van der Waals surface area contributed by atoms with Gasteiger partial charge >= 0.3 is 0 Å². The number of carbonyl (C=O) groups excluding carboxylic acids is 2. The molecule has 34 heavy (non-hydrogen) atoms. The molecule has 9 nitrogen and oxygen atoms in total. The predicted octanol–water partition coefficient (Wildman–Crippen LogP) is 2.16. The number of rotatable bonds is 10. The van der Waals surface area contributed by atoms with Gasteiger partial charge in [0.25, 0.3) is 0 Å². The Morgan fingerprint density at radius 2 is 1.97 bits per heavy atom. The van der Waals surface area contributed by atoms with Gasteiger partial charge in [0.2, 0.25) is 11.8 Å². The van der Waals surface area contributed by atoms with Gasteiger partial charge in [0.1, 0.15) is 5.01 Å². The zero-order valence-corrected chi connectivity index (χ0v) is 20.5. The first-order valence-corrected chi connectivity index (χ1v) is 13.4. The number of carbonyl (C=O) groups is 2. The van der Waals surface area contributed by atoms with Crippen molar-refractivity contribution in [3.05, 3.63) is 47.2 Å². The number of ether oxygens (including phenoxy) is 1. The van der Waals surface area contributed by atoms with E-state index in [2.05, 4.69) is 20.6 Å². The highest BCUT2D eigenvalue weighted by molar-refractivity contribution is 7.92. The average Bonchev–Trinajstić information content (AvgIpc) is 3.51. The molecule has 1 aliphatic rings. The molecule has 0 saturated heterocycles. The summed E-state index contributed by atoms with van der Waals surface area (Å²) in [6, 6.07) is 9.64. The van der Waals surface area contributed by atoms with E-state index in [-0.39, 0.29) is 35.9 Å². The maximum Gasteiger partial charge on any atom is 0.245 e. The van der Waals surface area contributed by atoms with Crippen molar-refractivity contribution in [3.8, 4) is 11.1 Å². The van der Waals surface area contributed by atoms with Crippen LogP contribution in [0.15, 0.2) is 36.5 Å². The van der Waals surface area contributed by atoms with Gasteiger partial charge in [-0.25, -0.2) is 13.4 Å². The predicted molar refractivity (Wildman–Crippen MR) is 130 cm³/mol. The summed E-state index contributed by atoms with van der Waals surface area (Å²) >= 11 is 1.15. The standard InChI is InChI=1S/C23H26N4O5S2/c1-14-11-16(7-8-24-14)15-3-6-19-18(12-15)27-23(33-19)21(34(30,31)10-9-32-2)22(29)25-13-20(28)26-17-4-5-17/h3,6-8,11-12,17,21H,4-5,9-10,13H2,1-2H3,(H,25,29)(H,26,28). The number of pyridine rings is 1. The van der Waals surface area contributed by atoms with Gasteiger partial charge in [0.05, 0.1) is 29.1 Å². The minimum absolute atomic E-state index is 0.0509. The van der Waals surface area contributed by atoms with E-state index in [9.17, 15) is 18.0 Å². The van der Waals surface area contributed by atoms with Gasteiger partial charge in [0, 0.05) is 25.0 Å². The number of aryl methyl sites for hydroxylation is 1.